The van der Waals surface area contributed by atoms with Crippen LogP contribution in [-0.2, 0) is 4.74 Å². The number of hydrogen-bond donors (Lipinski definition) is 0. The molecule has 0 aliphatic carbocycles. The summed E-state index contributed by atoms with van der Waals surface area (Å²) < 4.78 is 4.95. The lowest BCUT2D eigenvalue weighted by molar-refractivity contribution is 0.303. The summed E-state index contributed by atoms with van der Waals surface area (Å²) in [4.78, 5) is 0. The van der Waals surface area contributed by atoms with Crippen LogP contribution < -0.4 is 0 Å². The molecule has 0 saturated carbocycles. The van der Waals surface area contributed by atoms with Gasteiger partial charge in [-0.25, -0.2) is 0 Å². The summed E-state index contributed by atoms with van der Waals surface area (Å²) in [5.41, 5.74) is 2.34. The Bertz CT molecular complexity index is 193. The monoisotopic (exact) mass is 152 g/mol. The highest BCUT2D eigenvalue weighted by Crippen LogP contribution is 2.07. The highest BCUT2D eigenvalue weighted by atomic mass is 16.5. The van der Waals surface area contributed by atoms with Gasteiger partial charge in [0.05, 0.1) is 7.11 Å². The Morgan fingerprint density at radius 3 is 2.09 bits per heavy atom. The number of allylic oxidation sites excluding steroid dienone is 4. The van der Waals surface area contributed by atoms with Crippen molar-refractivity contribution in [2.24, 2.45) is 0 Å². The molecule has 0 aliphatic heterocycles. The van der Waals surface area contributed by atoms with Crippen LogP contribution in [-0.4, -0.2) is 7.11 Å². The Balaban J connectivity index is 4.23. The Labute approximate surface area is 69.1 Å². The number of hydrogen-bond acceptors (Lipinski definition) is 1. The quantitative estimate of drug-likeness (QED) is 0.446. The van der Waals surface area contributed by atoms with Gasteiger partial charge in [-0.05, 0) is 26.3 Å². The standard InChI is InChI=1S/C10H16O/c1-8(2)6-7-9(3)10(4)11-5/h6-7H,4H2,1-3,5H3/b9-7-. The Morgan fingerprint density at radius 2 is 1.73 bits per heavy atom. The van der Waals surface area contributed by atoms with E-state index in [1.54, 1.807) is 7.11 Å². The van der Waals surface area contributed by atoms with Crippen molar-refractivity contribution in [2.75, 3.05) is 7.11 Å². The fourth-order valence-corrected chi connectivity index (χ4v) is 0.546. The zero-order valence-corrected chi connectivity index (χ0v) is 7.77. The molecule has 62 valence electrons. The normalized spacial score (nSPS) is 10.7. The van der Waals surface area contributed by atoms with Gasteiger partial charge in [0.15, 0.2) is 0 Å². The summed E-state index contributed by atoms with van der Waals surface area (Å²) in [6.45, 7) is 9.82. The van der Waals surface area contributed by atoms with Crippen LogP contribution in [0.2, 0.25) is 0 Å². The molecule has 0 amide bonds. The molecular weight excluding hydrogens is 136 g/mol. The third-order valence-corrected chi connectivity index (χ3v) is 1.35. The molecule has 0 spiro atoms. The fraction of sp³-hybridized carbons (Fsp3) is 0.400. The van der Waals surface area contributed by atoms with Crippen molar-refractivity contribution in [1.82, 2.24) is 0 Å². The SMILES string of the molecule is C=C(OC)/C(C)=C\C=C(C)C. The van der Waals surface area contributed by atoms with E-state index in [-0.39, 0.29) is 0 Å². The van der Waals surface area contributed by atoms with Crippen molar-refractivity contribution in [3.05, 3.63) is 35.6 Å². The molecule has 1 heteroatoms. The van der Waals surface area contributed by atoms with E-state index in [4.69, 9.17) is 4.74 Å². The first-order valence-corrected chi connectivity index (χ1v) is 3.63. The smallest absolute Gasteiger partial charge is 0.114 e. The second-order valence-electron chi connectivity index (χ2n) is 2.72. The van der Waals surface area contributed by atoms with Gasteiger partial charge in [-0.1, -0.05) is 24.3 Å². The summed E-state index contributed by atoms with van der Waals surface area (Å²) in [5.74, 6) is 0.725. The first-order valence-electron chi connectivity index (χ1n) is 3.63. The molecular formula is C10H16O. The van der Waals surface area contributed by atoms with E-state index in [0.717, 1.165) is 11.3 Å². The molecule has 0 heterocycles. The van der Waals surface area contributed by atoms with Gasteiger partial charge >= 0.3 is 0 Å². The van der Waals surface area contributed by atoms with Crippen molar-refractivity contribution in [2.45, 2.75) is 20.8 Å². The molecule has 0 aromatic rings. The molecule has 0 aromatic carbocycles. The maximum absolute atomic E-state index is 4.95. The van der Waals surface area contributed by atoms with E-state index in [1.807, 2.05) is 19.1 Å². The highest BCUT2D eigenvalue weighted by molar-refractivity contribution is 5.26. The summed E-state index contributed by atoms with van der Waals surface area (Å²) in [7, 11) is 1.63. The van der Waals surface area contributed by atoms with E-state index in [2.05, 4.69) is 20.4 Å². The third kappa shape index (κ3) is 4.43. The van der Waals surface area contributed by atoms with Gasteiger partial charge in [-0.2, -0.15) is 0 Å². The molecule has 0 N–H and O–H groups in total. The molecule has 0 bridgehead atoms. The lowest BCUT2D eigenvalue weighted by Gasteiger charge is -2.01. The molecule has 0 unspecified atom stereocenters. The number of ether oxygens (including phenoxy) is 1. The second-order valence-corrected chi connectivity index (χ2v) is 2.72. The first kappa shape index (κ1) is 10.0. The highest BCUT2D eigenvalue weighted by Gasteiger charge is 1.91. The van der Waals surface area contributed by atoms with Crippen LogP contribution in [0.3, 0.4) is 0 Å². The molecule has 11 heavy (non-hydrogen) atoms. The molecule has 0 radical (unpaired) electrons. The molecule has 0 fully saturated rings. The Hall–Kier alpha value is -0.980. The topological polar surface area (TPSA) is 9.23 Å². The van der Waals surface area contributed by atoms with Gasteiger partial charge in [-0.3, -0.25) is 0 Å². The summed E-state index contributed by atoms with van der Waals surface area (Å²) in [5, 5.41) is 0. The van der Waals surface area contributed by atoms with Crippen LogP contribution in [0.4, 0.5) is 0 Å². The van der Waals surface area contributed by atoms with Gasteiger partial charge < -0.3 is 4.74 Å². The van der Waals surface area contributed by atoms with Crippen LogP contribution in [0.1, 0.15) is 20.8 Å². The van der Waals surface area contributed by atoms with Crippen molar-refractivity contribution in [3.8, 4) is 0 Å². The molecule has 0 aliphatic rings. The zero-order chi connectivity index (χ0) is 8.85. The first-order chi connectivity index (χ1) is 5.07. The van der Waals surface area contributed by atoms with E-state index in [1.165, 1.54) is 5.57 Å². The van der Waals surface area contributed by atoms with Crippen molar-refractivity contribution >= 4 is 0 Å². The molecule has 0 saturated heterocycles. The van der Waals surface area contributed by atoms with E-state index >= 15 is 0 Å². The predicted octanol–water partition coefficient (Wildman–Crippen LogP) is 3.06. The molecule has 0 atom stereocenters. The van der Waals surface area contributed by atoms with Gasteiger partial charge in [-0.15, -0.1) is 0 Å². The largest absolute Gasteiger partial charge is 0.497 e. The molecule has 0 aromatic heterocycles. The van der Waals surface area contributed by atoms with Gasteiger partial charge in [0.2, 0.25) is 0 Å². The zero-order valence-electron chi connectivity index (χ0n) is 7.77. The maximum atomic E-state index is 4.95. The average molecular weight is 152 g/mol. The van der Waals surface area contributed by atoms with E-state index in [0.29, 0.717) is 0 Å². The van der Waals surface area contributed by atoms with E-state index in [9.17, 15) is 0 Å². The maximum Gasteiger partial charge on any atom is 0.114 e. The lowest BCUT2D eigenvalue weighted by Crippen LogP contribution is -1.84. The number of rotatable bonds is 3. The average Bonchev–Trinajstić information content (AvgIpc) is 1.98. The van der Waals surface area contributed by atoms with Gasteiger partial charge in [0.25, 0.3) is 0 Å². The predicted molar refractivity (Wildman–Crippen MR) is 49.3 cm³/mol. The molecule has 1 nitrogen and oxygen atoms in total. The van der Waals surface area contributed by atoms with Gasteiger partial charge in [0.1, 0.15) is 5.76 Å². The summed E-state index contributed by atoms with van der Waals surface area (Å²) >= 11 is 0. The number of methoxy groups -OCH3 is 1. The lowest BCUT2D eigenvalue weighted by atomic mass is 10.2. The van der Waals surface area contributed by atoms with Crippen LogP contribution in [0.15, 0.2) is 35.6 Å². The summed E-state index contributed by atoms with van der Waals surface area (Å²) in [6.07, 6.45) is 4.04. The minimum Gasteiger partial charge on any atom is -0.497 e. The van der Waals surface area contributed by atoms with Crippen LogP contribution in [0.5, 0.6) is 0 Å². The fourth-order valence-electron chi connectivity index (χ4n) is 0.546. The minimum absolute atomic E-state index is 0.725. The molecule has 0 rings (SSSR count). The minimum atomic E-state index is 0.725. The van der Waals surface area contributed by atoms with Crippen LogP contribution in [0.25, 0.3) is 0 Å². The van der Waals surface area contributed by atoms with E-state index < -0.39 is 0 Å². The van der Waals surface area contributed by atoms with Crippen LogP contribution in [0, 0.1) is 0 Å². The summed E-state index contributed by atoms with van der Waals surface area (Å²) in [6, 6.07) is 0. The Kier molecular flexibility index (Phi) is 4.35. The van der Waals surface area contributed by atoms with Crippen molar-refractivity contribution < 1.29 is 4.74 Å². The Morgan fingerprint density at radius 1 is 1.18 bits per heavy atom. The van der Waals surface area contributed by atoms with Gasteiger partial charge in [0, 0.05) is 0 Å². The third-order valence-electron chi connectivity index (χ3n) is 1.35. The van der Waals surface area contributed by atoms with Crippen LogP contribution >= 0.6 is 0 Å². The second kappa shape index (κ2) is 4.78. The van der Waals surface area contributed by atoms with Crippen molar-refractivity contribution in [3.63, 3.8) is 0 Å². The van der Waals surface area contributed by atoms with Crippen molar-refractivity contribution in [1.29, 1.82) is 0 Å².